The maximum Gasteiger partial charge on any atom is 0.191 e. The van der Waals surface area contributed by atoms with Crippen molar-refractivity contribution in [3.8, 4) is 5.82 Å². The Kier molecular flexibility index (Phi) is 2.46. The molecule has 2 heterocycles. The fraction of sp³-hybridized carbons (Fsp3) is 0.364. The third-order valence-electron chi connectivity index (χ3n) is 2.12. The van der Waals surface area contributed by atoms with Gasteiger partial charge in [0, 0.05) is 11.6 Å². The van der Waals surface area contributed by atoms with Crippen molar-refractivity contribution in [2.45, 2.75) is 26.2 Å². The van der Waals surface area contributed by atoms with Crippen LogP contribution in [0.3, 0.4) is 0 Å². The molecule has 0 saturated carbocycles. The molecule has 0 atom stereocenters. The van der Waals surface area contributed by atoms with E-state index in [0.717, 1.165) is 0 Å². The van der Waals surface area contributed by atoms with Crippen LogP contribution < -0.4 is 0 Å². The summed E-state index contributed by atoms with van der Waals surface area (Å²) >= 11 is 0. The zero-order chi connectivity index (χ0) is 11.8. The van der Waals surface area contributed by atoms with Crippen molar-refractivity contribution < 1.29 is 4.39 Å². The summed E-state index contributed by atoms with van der Waals surface area (Å²) in [7, 11) is 0. The number of hydrogen-bond acceptors (Lipinski definition) is 3. The Balaban J connectivity index is 2.44. The molecule has 0 amide bonds. The lowest BCUT2D eigenvalue weighted by Gasteiger charge is -2.12. The monoisotopic (exact) mass is 220 g/mol. The molecule has 0 saturated heterocycles. The largest absolute Gasteiger partial charge is 0.235 e. The Bertz CT molecular complexity index is 499. The van der Waals surface area contributed by atoms with E-state index in [9.17, 15) is 4.39 Å². The summed E-state index contributed by atoms with van der Waals surface area (Å²) in [6.45, 7) is 6.00. The van der Waals surface area contributed by atoms with E-state index in [1.54, 1.807) is 6.07 Å². The molecular weight excluding hydrogens is 207 g/mol. The highest BCUT2D eigenvalue weighted by Crippen LogP contribution is 2.18. The molecule has 0 radical (unpaired) electrons. The molecule has 0 fully saturated rings. The highest BCUT2D eigenvalue weighted by atomic mass is 19.1. The van der Waals surface area contributed by atoms with Crippen LogP contribution in [0.25, 0.3) is 5.82 Å². The van der Waals surface area contributed by atoms with E-state index < -0.39 is 5.82 Å². The first-order valence-corrected chi connectivity index (χ1v) is 5.01. The fourth-order valence-electron chi connectivity index (χ4n) is 1.25. The first kappa shape index (κ1) is 10.7. The molecule has 0 unspecified atom stereocenters. The second-order valence-corrected chi connectivity index (χ2v) is 4.57. The van der Waals surface area contributed by atoms with Gasteiger partial charge < -0.3 is 0 Å². The molecule has 0 aliphatic rings. The van der Waals surface area contributed by atoms with Gasteiger partial charge in [-0.3, -0.25) is 0 Å². The van der Waals surface area contributed by atoms with E-state index in [-0.39, 0.29) is 11.2 Å². The molecule has 0 N–H and O–H groups in total. The minimum Gasteiger partial charge on any atom is -0.235 e. The normalized spacial score (nSPS) is 11.8. The molecule has 2 aromatic rings. The first-order valence-electron chi connectivity index (χ1n) is 5.01. The van der Waals surface area contributed by atoms with E-state index in [1.807, 2.05) is 20.8 Å². The van der Waals surface area contributed by atoms with Gasteiger partial charge >= 0.3 is 0 Å². The summed E-state index contributed by atoms with van der Waals surface area (Å²) in [5.74, 6) is 0.427. The second-order valence-electron chi connectivity index (χ2n) is 4.57. The van der Waals surface area contributed by atoms with Crippen molar-refractivity contribution in [3.63, 3.8) is 0 Å². The highest BCUT2D eigenvalue weighted by molar-refractivity contribution is 5.22. The molecule has 16 heavy (non-hydrogen) atoms. The molecule has 0 aliphatic carbocycles. The van der Waals surface area contributed by atoms with Crippen molar-refractivity contribution in [1.29, 1.82) is 0 Å². The molecule has 0 aliphatic heterocycles. The minimum atomic E-state index is -0.409. The van der Waals surface area contributed by atoms with Gasteiger partial charge in [-0.2, -0.15) is 4.68 Å². The zero-order valence-electron chi connectivity index (χ0n) is 9.48. The van der Waals surface area contributed by atoms with Crippen LogP contribution >= 0.6 is 0 Å². The van der Waals surface area contributed by atoms with Crippen molar-refractivity contribution in [1.82, 2.24) is 19.7 Å². The van der Waals surface area contributed by atoms with Gasteiger partial charge in [-0.15, -0.1) is 5.10 Å². The van der Waals surface area contributed by atoms with E-state index >= 15 is 0 Å². The molecular formula is C11H13FN4. The van der Waals surface area contributed by atoms with Crippen LogP contribution in [0.2, 0.25) is 0 Å². The molecule has 4 nitrogen and oxygen atoms in total. The minimum absolute atomic E-state index is 0.156. The van der Waals surface area contributed by atoms with Gasteiger partial charge in [-0.05, 0) is 12.1 Å². The van der Waals surface area contributed by atoms with Crippen LogP contribution in [0.5, 0.6) is 0 Å². The summed E-state index contributed by atoms with van der Waals surface area (Å²) in [5, 5.41) is 4.22. The van der Waals surface area contributed by atoms with Gasteiger partial charge in [0.1, 0.15) is 6.33 Å². The summed E-state index contributed by atoms with van der Waals surface area (Å²) in [4.78, 5) is 8.08. The lowest BCUT2D eigenvalue weighted by molar-refractivity contribution is 0.539. The number of hydrogen-bond donors (Lipinski definition) is 0. The van der Waals surface area contributed by atoms with Crippen LogP contribution in [-0.2, 0) is 5.41 Å². The van der Waals surface area contributed by atoms with Gasteiger partial charge in [-0.1, -0.05) is 20.8 Å². The van der Waals surface area contributed by atoms with Gasteiger partial charge in [0.05, 0.1) is 0 Å². The summed E-state index contributed by atoms with van der Waals surface area (Å²) in [6.07, 6.45) is 3.00. The molecule has 2 rings (SSSR count). The van der Waals surface area contributed by atoms with Crippen LogP contribution in [0, 0.1) is 5.82 Å². The maximum absolute atomic E-state index is 13.4. The number of nitrogens with zero attached hydrogens (tertiary/aromatic N) is 4. The predicted molar refractivity (Wildman–Crippen MR) is 57.8 cm³/mol. The van der Waals surface area contributed by atoms with Gasteiger partial charge in [-0.25, -0.2) is 14.4 Å². The lowest BCUT2D eigenvalue weighted by Crippen LogP contribution is -2.14. The molecule has 2 aromatic heterocycles. The fourth-order valence-corrected chi connectivity index (χ4v) is 1.25. The topological polar surface area (TPSA) is 43.6 Å². The molecule has 0 spiro atoms. The number of aromatic nitrogens is 4. The molecule has 0 bridgehead atoms. The van der Waals surface area contributed by atoms with Crippen molar-refractivity contribution in [2.75, 3.05) is 0 Å². The molecule has 5 heteroatoms. The first-order chi connectivity index (χ1) is 7.48. The van der Waals surface area contributed by atoms with Crippen molar-refractivity contribution >= 4 is 0 Å². The maximum atomic E-state index is 13.4. The smallest absolute Gasteiger partial charge is 0.191 e. The van der Waals surface area contributed by atoms with E-state index in [1.165, 1.54) is 23.3 Å². The third kappa shape index (κ3) is 1.93. The number of halogens is 1. The molecule has 0 aromatic carbocycles. The average Bonchev–Trinajstić information content (AvgIpc) is 2.66. The third-order valence-corrected chi connectivity index (χ3v) is 2.12. The Labute approximate surface area is 93.2 Å². The van der Waals surface area contributed by atoms with Gasteiger partial charge in [0.15, 0.2) is 17.5 Å². The number of rotatable bonds is 1. The second kappa shape index (κ2) is 3.66. The lowest BCUT2D eigenvalue weighted by atomic mass is 9.96. The van der Waals surface area contributed by atoms with Crippen LogP contribution in [-0.4, -0.2) is 19.7 Å². The van der Waals surface area contributed by atoms with E-state index in [4.69, 9.17) is 0 Å². The summed E-state index contributed by atoms with van der Waals surface area (Å²) < 4.78 is 14.8. The standard InChI is InChI=1S/C11H13FN4/c1-11(2,3)10-14-7-16(15-10)9-8(12)5-4-6-13-9/h4-7H,1-3H3. The highest BCUT2D eigenvalue weighted by Gasteiger charge is 2.19. The summed E-state index contributed by atoms with van der Waals surface area (Å²) in [6, 6.07) is 2.89. The quantitative estimate of drug-likeness (QED) is 0.739. The van der Waals surface area contributed by atoms with Gasteiger partial charge in [0.25, 0.3) is 0 Å². The van der Waals surface area contributed by atoms with Gasteiger partial charge in [0.2, 0.25) is 0 Å². The van der Waals surface area contributed by atoms with Crippen LogP contribution in [0.4, 0.5) is 4.39 Å². The SMILES string of the molecule is CC(C)(C)c1ncn(-c2ncccc2F)n1. The number of pyridine rings is 1. The van der Waals surface area contributed by atoms with E-state index in [2.05, 4.69) is 15.1 Å². The van der Waals surface area contributed by atoms with E-state index in [0.29, 0.717) is 5.82 Å². The Hall–Kier alpha value is -1.78. The predicted octanol–water partition coefficient (Wildman–Crippen LogP) is 2.10. The van der Waals surface area contributed by atoms with Crippen molar-refractivity contribution in [3.05, 3.63) is 36.3 Å². The molecule has 84 valence electrons. The van der Waals surface area contributed by atoms with Crippen LogP contribution in [0.1, 0.15) is 26.6 Å². The Morgan fingerprint density at radius 2 is 2.00 bits per heavy atom. The van der Waals surface area contributed by atoms with Crippen LogP contribution in [0.15, 0.2) is 24.7 Å². The summed E-state index contributed by atoms with van der Waals surface area (Å²) in [5.41, 5.74) is -0.156. The van der Waals surface area contributed by atoms with Crippen molar-refractivity contribution in [2.24, 2.45) is 0 Å². The Morgan fingerprint density at radius 1 is 1.25 bits per heavy atom. The average molecular weight is 220 g/mol. The zero-order valence-corrected chi connectivity index (χ0v) is 9.48. The Morgan fingerprint density at radius 3 is 2.56 bits per heavy atom.